The first-order valence-electron chi connectivity index (χ1n) is 7.66. The molecule has 4 rings (SSSR count). The molecule has 0 atom stereocenters. The first-order chi connectivity index (χ1) is 11.7. The fourth-order valence-corrected chi connectivity index (χ4v) is 2.86. The summed E-state index contributed by atoms with van der Waals surface area (Å²) in [6.45, 7) is 1.96. The number of ketones is 1. The summed E-state index contributed by atoms with van der Waals surface area (Å²) in [5.74, 6) is 0.473. The van der Waals surface area contributed by atoms with Gasteiger partial charge in [-0.15, -0.1) is 10.2 Å². The lowest BCUT2D eigenvalue weighted by atomic mass is 10.1. The summed E-state index contributed by atoms with van der Waals surface area (Å²) >= 11 is 0. The van der Waals surface area contributed by atoms with E-state index in [9.17, 15) is 4.79 Å². The largest absolute Gasteiger partial charge is 0.358 e. The molecule has 0 aliphatic heterocycles. The molecule has 2 heterocycles. The average molecular weight is 317 g/mol. The van der Waals surface area contributed by atoms with Gasteiger partial charge in [0.05, 0.1) is 0 Å². The lowest BCUT2D eigenvalue weighted by Gasteiger charge is -2.00. The van der Waals surface area contributed by atoms with E-state index in [2.05, 4.69) is 20.4 Å². The third-order valence-electron chi connectivity index (χ3n) is 3.94. The lowest BCUT2D eigenvalue weighted by molar-refractivity contribution is 0.0962. The number of carbonyl (C=O) groups excluding carboxylic acids is 1. The summed E-state index contributed by atoms with van der Waals surface area (Å²) in [7, 11) is 0. The van der Waals surface area contributed by atoms with Crippen molar-refractivity contribution in [2.24, 2.45) is 0 Å². The molecule has 0 amide bonds. The van der Waals surface area contributed by atoms with Gasteiger partial charge in [-0.25, -0.2) is 0 Å². The van der Waals surface area contributed by atoms with Gasteiger partial charge in [0.1, 0.15) is 6.54 Å². The standard InChI is InChI=1S/C18H15N5O/c1-12-17(14-9-5-6-10-15(14)19-12)16(24)11-23-21-18(20-22-23)13-7-3-2-4-8-13/h2-10,19H,11H2,1H3. The number of H-pyrrole nitrogens is 1. The van der Waals surface area contributed by atoms with Crippen molar-refractivity contribution >= 4 is 16.7 Å². The summed E-state index contributed by atoms with van der Waals surface area (Å²) in [6, 6.07) is 17.3. The van der Waals surface area contributed by atoms with Crippen molar-refractivity contribution in [3.05, 3.63) is 65.9 Å². The van der Waals surface area contributed by atoms with E-state index in [0.717, 1.165) is 22.2 Å². The third-order valence-corrected chi connectivity index (χ3v) is 3.94. The zero-order valence-electron chi connectivity index (χ0n) is 13.1. The van der Waals surface area contributed by atoms with Crippen LogP contribution in [-0.2, 0) is 6.54 Å². The SMILES string of the molecule is Cc1[nH]c2ccccc2c1C(=O)Cn1nnc(-c2ccccc2)n1. The number of para-hydroxylation sites is 1. The van der Waals surface area contributed by atoms with Crippen LogP contribution in [0.25, 0.3) is 22.3 Å². The maximum Gasteiger partial charge on any atom is 0.204 e. The van der Waals surface area contributed by atoms with Crippen LogP contribution in [0.5, 0.6) is 0 Å². The molecule has 4 aromatic rings. The number of nitrogens with zero attached hydrogens (tertiary/aromatic N) is 4. The Balaban J connectivity index is 1.63. The van der Waals surface area contributed by atoms with Crippen molar-refractivity contribution in [2.45, 2.75) is 13.5 Å². The number of Topliss-reactive ketones (excluding diaryl/α,β-unsaturated/α-hetero) is 1. The molecular formula is C18H15N5O. The molecule has 0 fully saturated rings. The Morgan fingerprint density at radius 1 is 1.08 bits per heavy atom. The third kappa shape index (κ3) is 2.48. The van der Waals surface area contributed by atoms with Crippen molar-refractivity contribution in [1.29, 1.82) is 0 Å². The number of benzene rings is 2. The number of aromatic nitrogens is 5. The molecule has 0 radical (unpaired) electrons. The number of hydrogen-bond donors (Lipinski definition) is 1. The highest BCUT2D eigenvalue weighted by atomic mass is 16.1. The van der Waals surface area contributed by atoms with Gasteiger partial charge in [0.15, 0.2) is 5.78 Å². The quantitative estimate of drug-likeness (QED) is 0.587. The number of nitrogens with one attached hydrogen (secondary N) is 1. The van der Waals surface area contributed by atoms with Crippen molar-refractivity contribution in [3.8, 4) is 11.4 Å². The monoisotopic (exact) mass is 317 g/mol. The van der Waals surface area contributed by atoms with Gasteiger partial charge in [0.2, 0.25) is 5.82 Å². The number of carbonyl (C=O) groups is 1. The number of aryl methyl sites for hydroxylation is 1. The fraction of sp³-hybridized carbons (Fsp3) is 0.111. The minimum absolute atomic E-state index is 0.0399. The van der Waals surface area contributed by atoms with Crippen LogP contribution in [0.4, 0.5) is 0 Å². The van der Waals surface area contributed by atoms with Gasteiger partial charge < -0.3 is 4.98 Å². The van der Waals surface area contributed by atoms with Crippen LogP contribution < -0.4 is 0 Å². The molecule has 1 N–H and O–H groups in total. The van der Waals surface area contributed by atoms with Crippen molar-refractivity contribution in [3.63, 3.8) is 0 Å². The predicted octanol–water partition coefficient (Wildman–Crippen LogP) is 3.01. The van der Waals surface area contributed by atoms with Crippen LogP contribution in [0, 0.1) is 6.92 Å². The van der Waals surface area contributed by atoms with Gasteiger partial charge in [-0.05, 0) is 18.2 Å². The summed E-state index contributed by atoms with van der Waals surface area (Å²) in [6.07, 6.45) is 0. The van der Waals surface area contributed by atoms with Crippen LogP contribution in [0.1, 0.15) is 16.1 Å². The number of hydrogen-bond acceptors (Lipinski definition) is 4. The van der Waals surface area contributed by atoms with Gasteiger partial charge in [-0.2, -0.15) is 4.80 Å². The smallest absolute Gasteiger partial charge is 0.204 e. The maximum absolute atomic E-state index is 12.7. The molecule has 24 heavy (non-hydrogen) atoms. The van der Waals surface area contributed by atoms with Crippen molar-refractivity contribution < 1.29 is 4.79 Å². The molecule has 6 heteroatoms. The topological polar surface area (TPSA) is 76.5 Å². The molecule has 0 unspecified atom stereocenters. The first kappa shape index (κ1) is 14.3. The van der Waals surface area contributed by atoms with Gasteiger partial charge >= 0.3 is 0 Å². The highest BCUT2D eigenvalue weighted by Gasteiger charge is 2.17. The molecule has 0 saturated heterocycles. The Morgan fingerprint density at radius 2 is 1.83 bits per heavy atom. The zero-order valence-corrected chi connectivity index (χ0v) is 13.1. The van der Waals surface area contributed by atoms with Crippen LogP contribution in [0.3, 0.4) is 0 Å². The second-order valence-corrected chi connectivity index (χ2v) is 5.60. The molecule has 118 valence electrons. The molecule has 0 aliphatic rings. The molecule has 0 saturated carbocycles. The van der Waals surface area contributed by atoms with Crippen molar-refractivity contribution in [1.82, 2.24) is 25.2 Å². The highest BCUT2D eigenvalue weighted by Crippen LogP contribution is 2.22. The second kappa shape index (κ2) is 5.73. The Labute approximate surface area is 138 Å². The molecule has 2 aromatic heterocycles. The summed E-state index contributed by atoms with van der Waals surface area (Å²) < 4.78 is 0. The Hall–Kier alpha value is -3.28. The molecule has 0 aliphatic carbocycles. The van der Waals surface area contributed by atoms with Crippen LogP contribution in [0.15, 0.2) is 54.6 Å². The minimum atomic E-state index is -0.0399. The number of fused-ring (bicyclic) bond motifs is 1. The summed E-state index contributed by atoms with van der Waals surface area (Å²) in [4.78, 5) is 17.3. The van der Waals surface area contributed by atoms with Gasteiger partial charge in [-0.3, -0.25) is 4.79 Å². The van der Waals surface area contributed by atoms with E-state index in [4.69, 9.17) is 0 Å². The Bertz CT molecular complexity index is 1020. The second-order valence-electron chi connectivity index (χ2n) is 5.60. The molecular weight excluding hydrogens is 302 g/mol. The fourth-order valence-electron chi connectivity index (χ4n) is 2.86. The molecule has 0 spiro atoms. The first-order valence-corrected chi connectivity index (χ1v) is 7.66. The van der Waals surface area contributed by atoms with E-state index < -0.39 is 0 Å². The van der Waals surface area contributed by atoms with Gasteiger partial charge in [0, 0.05) is 27.7 Å². The van der Waals surface area contributed by atoms with E-state index in [1.807, 2.05) is 61.5 Å². The lowest BCUT2D eigenvalue weighted by Crippen LogP contribution is -2.14. The molecule has 2 aromatic carbocycles. The Kier molecular flexibility index (Phi) is 3.42. The molecule has 0 bridgehead atoms. The highest BCUT2D eigenvalue weighted by molar-refractivity contribution is 6.09. The van der Waals surface area contributed by atoms with E-state index in [1.54, 1.807) is 0 Å². The molecule has 6 nitrogen and oxygen atoms in total. The van der Waals surface area contributed by atoms with E-state index in [-0.39, 0.29) is 12.3 Å². The normalized spacial score (nSPS) is 11.0. The maximum atomic E-state index is 12.7. The van der Waals surface area contributed by atoms with E-state index >= 15 is 0 Å². The van der Waals surface area contributed by atoms with Gasteiger partial charge in [0.25, 0.3) is 0 Å². The zero-order chi connectivity index (χ0) is 16.5. The van der Waals surface area contributed by atoms with E-state index in [0.29, 0.717) is 11.4 Å². The number of tetrazole rings is 1. The van der Waals surface area contributed by atoms with Crippen LogP contribution in [0.2, 0.25) is 0 Å². The number of rotatable bonds is 4. The Morgan fingerprint density at radius 3 is 2.67 bits per heavy atom. The van der Waals surface area contributed by atoms with E-state index in [1.165, 1.54) is 4.80 Å². The average Bonchev–Trinajstić information content (AvgIpc) is 3.19. The predicted molar refractivity (Wildman–Crippen MR) is 90.6 cm³/mol. The summed E-state index contributed by atoms with van der Waals surface area (Å²) in [5.41, 5.74) is 3.36. The van der Waals surface area contributed by atoms with Gasteiger partial charge in [-0.1, -0.05) is 48.5 Å². The van der Waals surface area contributed by atoms with Crippen molar-refractivity contribution in [2.75, 3.05) is 0 Å². The van der Waals surface area contributed by atoms with Crippen LogP contribution in [-0.4, -0.2) is 31.0 Å². The minimum Gasteiger partial charge on any atom is -0.358 e. The summed E-state index contributed by atoms with van der Waals surface area (Å²) in [5, 5.41) is 13.2. The van der Waals surface area contributed by atoms with Crippen LogP contribution >= 0.6 is 0 Å². The number of aromatic amines is 1.